The van der Waals surface area contributed by atoms with Crippen LogP contribution in [0.2, 0.25) is 0 Å². The number of hydrogen-bond acceptors (Lipinski definition) is 5. The van der Waals surface area contributed by atoms with Gasteiger partial charge in [-0.1, -0.05) is 12.1 Å². The van der Waals surface area contributed by atoms with Crippen LogP contribution >= 0.6 is 0 Å². The second-order valence-corrected chi connectivity index (χ2v) is 8.78. The lowest BCUT2D eigenvalue weighted by atomic mass is 9.96. The van der Waals surface area contributed by atoms with Gasteiger partial charge in [-0.05, 0) is 50.6 Å². The summed E-state index contributed by atoms with van der Waals surface area (Å²) in [6.45, 7) is 4.52. The Labute approximate surface area is 153 Å². The molecule has 1 aromatic carbocycles. The quantitative estimate of drug-likeness (QED) is 0.683. The van der Waals surface area contributed by atoms with Crippen LogP contribution in [0.3, 0.4) is 0 Å². The summed E-state index contributed by atoms with van der Waals surface area (Å²) in [6, 6.07) is 9.81. The topological polar surface area (TPSA) is 108 Å². The molecule has 0 bridgehead atoms. The Kier molecular flexibility index (Phi) is 6.12. The molecule has 8 heteroatoms. The smallest absolute Gasteiger partial charge is 0.255 e. The third-order valence-electron chi connectivity index (χ3n) is 3.95. The molecule has 0 spiro atoms. The summed E-state index contributed by atoms with van der Waals surface area (Å²) < 4.78 is 26.1. The number of aromatic nitrogens is 1. The Balaban J connectivity index is 2.05. The van der Waals surface area contributed by atoms with E-state index < -0.39 is 20.9 Å². The van der Waals surface area contributed by atoms with E-state index in [0.29, 0.717) is 16.8 Å². The fourth-order valence-corrected chi connectivity index (χ4v) is 2.94. The van der Waals surface area contributed by atoms with Crippen LogP contribution in [0.5, 0.6) is 0 Å². The minimum Gasteiger partial charge on any atom is -0.384 e. The highest BCUT2D eigenvalue weighted by molar-refractivity contribution is 7.90. The number of amides is 1. The minimum atomic E-state index is -3.47. The fraction of sp³-hybridized carbons (Fsp3) is 0.333. The first-order valence-corrected chi connectivity index (χ1v) is 9.69. The van der Waals surface area contributed by atoms with E-state index in [1.807, 2.05) is 0 Å². The third-order valence-corrected chi connectivity index (χ3v) is 5.73. The molecule has 3 N–H and O–H groups in total. The van der Waals surface area contributed by atoms with E-state index in [1.165, 1.54) is 19.3 Å². The standard InChI is InChI=1S/C18H23N3O4S/c1-13(2)26(24,25)20-12-18(3,23)15-4-6-16(7-5-15)21-17(22)14-8-10-19-11-9-14/h4-11,13,20,23H,12H2,1-3H3,(H,21,22). The molecule has 0 aliphatic carbocycles. The molecular weight excluding hydrogens is 354 g/mol. The predicted octanol–water partition coefficient (Wildman–Crippen LogP) is 1.87. The first kappa shape index (κ1) is 20.0. The van der Waals surface area contributed by atoms with E-state index in [-0.39, 0.29) is 12.5 Å². The lowest BCUT2D eigenvalue weighted by Crippen LogP contribution is -2.41. The van der Waals surface area contributed by atoms with Crippen molar-refractivity contribution < 1.29 is 18.3 Å². The van der Waals surface area contributed by atoms with Gasteiger partial charge in [-0.25, -0.2) is 13.1 Å². The molecular formula is C18H23N3O4S. The number of anilines is 1. The Morgan fingerprint density at radius 2 is 1.73 bits per heavy atom. The monoisotopic (exact) mass is 377 g/mol. The van der Waals surface area contributed by atoms with Gasteiger partial charge in [-0.3, -0.25) is 9.78 Å². The van der Waals surface area contributed by atoms with Gasteiger partial charge in [-0.2, -0.15) is 0 Å². The molecule has 26 heavy (non-hydrogen) atoms. The van der Waals surface area contributed by atoms with Gasteiger partial charge in [0.15, 0.2) is 0 Å². The number of nitrogens with zero attached hydrogens (tertiary/aromatic N) is 1. The number of sulfonamides is 1. The lowest BCUT2D eigenvalue weighted by molar-refractivity contribution is 0.0627. The normalized spacial score (nSPS) is 14.0. The third kappa shape index (κ3) is 5.10. The molecule has 0 saturated heterocycles. The SMILES string of the molecule is CC(C)S(=O)(=O)NCC(C)(O)c1ccc(NC(=O)c2ccncc2)cc1. The highest BCUT2D eigenvalue weighted by Gasteiger charge is 2.26. The van der Waals surface area contributed by atoms with Crippen LogP contribution in [-0.4, -0.2) is 36.2 Å². The molecule has 1 atom stereocenters. The molecule has 2 rings (SSSR count). The summed E-state index contributed by atoms with van der Waals surface area (Å²) in [5, 5.41) is 12.7. The van der Waals surface area contributed by atoms with Crippen molar-refractivity contribution in [3.8, 4) is 0 Å². The number of carbonyl (C=O) groups excluding carboxylic acids is 1. The fourth-order valence-electron chi connectivity index (χ4n) is 2.13. The highest BCUT2D eigenvalue weighted by atomic mass is 32.2. The number of pyridine rings is 1. The minimum absolute atomic E-state index is 0.143. The van der Waals surface area contributed by atoms with Crippen molar-refractivity contribution in [2.24, 2.45) is 0 Å². The summed E-state index contributed by atoms with van der Waals surface area (Å²) >= 11 is 0. The number of nitrogens with one attached hydrogen (secondary N) is 2. The van der Waals surface area contributed by atoms with Crippen molar-refractivity contribution in [1.29, 1.82) is 0 Å². The van der Waals surface area contributed by atoms with Crippen molar-refractivity contribution in [1.82, 2.24) is 9.71 Å². The lowest BCUT2D eigenvalue weighted by Gasteiger charge is -2.25. The summed E-state index contributed by atoms with van der Waals surface area (Å²) in [7, 11) is -3.47. The molecule has 1 amide bonds. The Morgan fingerprint density at radius 1 is 1.15 bits per heavy atom. The Hall–Kier alpha value is -2.29. The van der Waals surface area contributed by atoms with Crippen LogP contribution < -0.4 is 10.0 Å². The van der Waals surface area contributed by atoms with Gasteiger partial charge in [0, 0.05) is 30.2 Å². The number of hydrogen-bond donors (Lipinski definition) is 3. The predicted molar refractivity (Wildman–Crippen MR) is 100 cm³/mol. The second-order valence-electron chi connectivity index (χ2n) is 6.46. The van der Waals surface area contributed by atoms with Crippen LogP contribution in [0.4, 0.5) is 5.69 Å². The van der Waals surface area contributed by atoms with Crippen LogP contribution in [0.15, 0.2) is 48.8 Å². The first-order chi connectivity index (χ1) is 12.1. The molecule has 7 nitrogen and oxygen atoms in total. The van der Waals surface area contributed by atoms with Crippen LogP contribution in [0, 0.1) is 0 Å². The first-order valence-electron chi connectivity index (χ1n) is 8.14. The van der Waals surface area contributed by atoms with Gasteiger partial charge in [-0.15, -0.1) is 0 Å². The van der Waals surface area contributed by atoms with E-state index in [2.05, 4.69) is 15.0 Å². The van der Waals surface area contributed by atoms with E-state index in [1.54, 1.807) is 50.2 Å². The molecule has 2 aromatic rings. The average molecular weight is 377 g/mol. The van der Waals surface area contributed by atoms with Gasteiger partial charge >= 0.3 is 0 Å². The van der Waals surface area contributed by atoms with Crippen LogP contribution in [0.1, 0.15) is 36.7 Å². The summed E-state index contributed by atoms with van der Waals surface area (Å²) in [6.07, 6.45) is 3.07. The van der Waals surface area contributed by atoms with E-state index in [9.17, 15) is 18.3 Å². The number of aliphatic hydroxyl groups is 1. The zero-order valence-electron chi connectivity index (χ0n) is 14.9. The largest absolute Gasteiger partial charge is 0.384 e. The van der Waals surface area contributed by atoms with Crippen molar-refractivity contribution in [2.45, 2.75) is 31.6 Å². The molecule has 140 valence electrons. The molecule has 0 fully saturated rings. The summed E-state index contributed by atoms with van der Waals surface area (Å²) in [4.78, 5) is 16.0. The molecule has 1 unspecified atom stereocenters. The van der Waals surface area contributed by atoms with E-state index >= 15 is 0 Å². The van der Waals surface area contributed by atoms with Crippen molar-refractivity contribution in [2.75, 3.05) is 11.9 Å². The zero-order valence-corrected chi connectivity index (χ0v) is 15.7. The van der Waals surface area contributed by atoms with Crippen LogP contribution in [0.25, 0.3) is 0 Å². The average Bonchev–Trinajstić information content (AvgIpc) is 2.61. The maximum absolute atomic E-state index is 12.1. The van der Waals surface area contributed by atoms with E-state index in [4.69, 9.17) is 0 Å². The van der Waals surface area contributed by atoms with E-state index in [0.717, 1.165) is 0 Å². The van der Waals surface area contributed by atoms with Crippen molar-refractivity contribution in [3.05, 3.63) is 59.9 Å². The van der Waals surface area contributed by atoms with Gasteiger partial charge in [0.1, 0.15) is 5.60 Å². The number of rotatable bonds is 7. The van der Waals surface area contributed by atoms with Crippen molar-refractivity contribution in [3.63, 3.8) is 0 Å². The maximum Gasteiger partial charge on any atom is 0.255 e. The van der Waals surface area contributed by atoms with Crippen LogP contribution in [-0.2, 0) is 15.6 Å². The number of benzene rings is 1. The number of carbonyl (C=O) groups is 1. The molecule has 0 radical (unpaired) electrons. The molecule has 0 aliphatic heterocycles. The maximum atomic E-state index is 12.1. The van der Waals surface area contributed by atoms with Crippen molar-refractivity contribution >= 4 is 21.6 Å². The summed E-state index contributed by atoms with van der Waals surface area (Å²) in [5.74, 6) is -0.267. The van der Waals surface area contributed by atoms with Gasteiger partial charge in [0.2, 0.25) is 10.0 Å². The zero-order chi connectivity index (χ0) is 19.4. The molecule has 1 aromatic heterocycles. The Bertz CT molecular complexity index is 848. The highest BCUT2D eigenvalue weighted by Crippen LogP contribution is 2.22. The summed E-state index contributed by atoms with van der Waals surface area (Å²) in [5.41, 5.74) is 0.203. The second kappa shape index (κ2) is 7.94. The Morgan fingerprint density at radius 3 is 2.27 bits per heavy atom. The molecule has 0 aliphatic rings. The van der Waals surface area contributed by atoms with Gasteiger partial charge < -0.3 is 10.4 Å². The molecule has 1 heterocycles. The van der Waals surface area contributed by atoms with Gasteiger partial charge in [0.25, 0.3) is 5.91 Å². The van der Waals surface area contributed by atoms with Gasteiger partial charge in [0.05, 0.1) is 5.25 Å². The molecule has 0 saturated carbocycles.